The zero-order chi connectivity index (χ0) is 24.1. The van der Waals surface area contributed by atoms with Crippen LogP contribution in [0.3, 0.4) is 0 Å². The quantitative estimate of drug-likeness (QED) is 0.472. The van der Waals surface area contributed by atoms with Crippen molar-refractivity contribution in [1.29, 1.82) is 0 Å². The molecule has 0 spiro atoms. The Morgan fingerprint density at radius 2 is 1.82 bits per heavy atom. The van der Waals surface area contributed by atoms with Gasteiger partial charge in [-0.25, -0.2) is 9.59 Å². The number of aromatic nitrogens is 4. The molecule has 0 bridgehead atoms. The predicted molar refractivity (Wildman–Crippen MR) is 120 cm³/mol. The lowest BCUT2D eigenvalue weighted by Gasteiger charge is -2.16. The Balaban J connectivity index is 1.71. The first-order valence-electron chi connectivity index (χ1n) is 10.1. The summed E-state index contributed by atoms with van der Waals surface area (Å²) in [6.45, 7) is 7.42. The second-order valence-electron chi connectivity index (χ2n) is 8.46. The average molecular weight is 450 g/mol. The van der Waals surface area contributed by atoms with Gasteiger partial charge in [0, 0.05) is 12.1 Å². The molecular formula is C22H22N6O5. The molecule has 1 aromatic carbocycles. The van der Waals surface area contributed by atoms with E-state index < -0.39 is 28.6 Å². The van der Waals surface area contributed by atoms with Crippen molar-refractivity contribution in [2.75, 3.05) is 10.6 Å². The van der Waals surface area contributed by atoms with Gasteiger partial charge in [-0.15, -0.1) is 5.10 Å². The Morgan fingerprint density at radius 3 is 2.45 bits per heavy atom. The minimum Gasteiger partial charge on any atom is -0.465 e. The summed E-state index contributed by atoms with van der Waals surface area (Å²) in [5.41, 5.74) is 2.86. The second kappa shape index (κ2) is 7.69. The molecule has 0 fully saturated rings. The SMILES string of the molecule is Cc1cc(-n2nc(NC(=O)O)c(=O)[nH]c2=O)cc(C)c1Cc1ccc2c(n1)C(C)(C)C(=O)N2. The first-order chi connectivity index (χ1) is 15.5. The van der Waals surface area contributed by atoms with Crippen molar-refractivity contribution in [2.24, 2.45) is 0 Å². The maximum Gasteiger partial charge on any atom is 0.410 e. The van der Waals surface area contributed by atoms with Crippen LogP contribution >= 0.6 is 0 Å². The van der Waals surface area contributed by atoms with Crippen LogP contribution < -0.4 is 21.9 Å². The van der Waals surface area contributed by atoms with Crippen LogP contribution in [0, 0.1) is 13.8 Å². The van der Waals surface area contributed by atoms with Gasteiger partial charge in [-0.1, -0.05) is 0 Å². The van der Waals surface area contributed by atoms with Gasteiger partial charge in [0.25, 0.3) is 5.56 Å². The molecule has 170 valence electrons. The number of nitrogens with one attached hydrogen (secondary N) is 3. The zero-order valence-corrected chi connectivity index (χ0v) is 18.4. The highest BCUT2D eigenvalue weighted by Gasteiger charge is 2.40. The van der Waals surface area contributed by atoms with Gasteiger partial charge in [0.1, 0.15) is 0 Å². The smallest absolute Gasteiger partial charge is 0.410 e. The van der Waals surface area contributed by atoms with Crippen molar-refractivity contribution in [3.63, 3.8) is 0 Å². The van der Waals surface area contributed by atoms with E-state index in [-0.39, 0.29) is 5.91 Å². The number of hydrogen-bond acceptors (Lipinski definition) is 6. The lowest BCUT2D eigenvalue weighted by molar-refractivity contribution is -0.119. The van der Waals surface area contributed by atoms with Gasteiger partial charge in [-0.2, -0.15) is 4.68 Å². The van der Waals surface area contributed by atoms with Crippen LogP contribution in [-0.2, 0) is 16.6 Å². The first kappa shape index (κ1) is 21.9. The molecule has 1 aliphatic rings. The van der Waals surface area contributed by atoms with Gasteiger partial charge >= 0.3 is 11.8 Å². The predicted octanol–water partition coefficient (Wildman–Crippen LogP) is 1.84. The number of pyridine rings is 1. The molecule has 33 heavy (non-hydrogen) atoms. The number of carbonyl (C=O) groups excluding carboxylic acids is 1. The third-order valence-corrected chi connectivity index (χ3v) is 5.70. The Morgan fingerprint density at radius 1 is 1.15 bits per heavy atom. The minimum absolute atomic E-state index is 0.0885. The summed E-state index contributed by atoms with van der Waals surface area (Å²) in [4.78, 5) is 54.0. The summed E-state index contributed by atoms with van der Waals surface area (Å²) < 4.78 is 0.934. The number of H-pyrrole nitrogens is 1. The average Bonchev–Trinajstić information content (AvgIpc) is 2.95. The fourth-order valence-corrected chi connectivity index (χ4v) is 3.87. The molecule has 4 rings (SSSR count). The monoisotopic (exact) mass is 450 g/mol. The highest BCUT2D eigenvalue weighted by molar-refractivity contribution is 6.04. The normalized spacial score (nSPS) is 14.0. The summed E-state index contributed by atoms with van der Waals surface area (Å²) in [5, 5.41) is 17.5. The van der Waals surface area contributed by atoms with E-state index in [1.54, 1.807) is 12.1 Å². The van der Waals surface area contributed by atoms with Crippen molar-refractivity contribution in [3.8, 4) is 5.69 Å². The number of aryl methyl sites for hydroxylation is 2. The Kier molecular flexibility index (Phi) is 5.11. The fraction of sp³-hybridized carbons (Fsp3) is 0.273. The first-order valence-corrected chi connectivity index (χ1v) is 10.1. The highest BCUT2D eigenvalue weighted by atomic mass is 16.4. The molecule has 3 heterocycles. The summed E-state index contributed by atoms with van der Waals surface area (Å²) in [5.74, 6) is -0.593. The third kappa shape index (κ3) is 3.88. The number of aromatic amines is 1. The van der Waals surface area contributed by atoms with Crippen LogP contribution in [0.1, 0.15) is 41.9 Å². The van der Waals surface area contributed by atoms with Crippen molar-refractivity contribution in [3.05, 3.63) is 73.2 Å². The van der Waals surface area contributed by atoms with E-state index in [0.717, 1.165) is 27.1 Å². The maximum atomic E-state index is 12.3. The van der Waals surface area contributed by atoms with E-state index in [2.05, 4.69) is 15.4 Å². The van der Waals surface area contributed by atoms with Crippen molar-refractivity contribution < 1.29 is 14.7 Å². The third-order valence-electron chi connectivity index (χ3n) is 5.70. The van der Waals surface area contributed by atoms with E-state index in [1.165, 1.54) is 0 Å². The summed E-state index contributed by atoms with van der Waals surface area (Å²) in [7, 11) is 0. The largest absolute Gasteiger partial charge is 0.465 e. The van der Waals surface area contributed by atoms with E-state index in [4.69, 9.17) is 10.1 Å². The number of benzene rings is 1. The van der Waals surface area contributed by atoms with Crippen LogP contribution in [-0.4, -0.2) is 36.9 Å². The molecule has 0 radical (unpaired) electrons. The van der Waals surface area contributed by atoms with Gasteiger partial charge in [0.05, 0.1) is 22.5 Å². The van der Waals surface area contributed by atoms with Gasteiger partial charge in [0.15, 0.2) is 0 Å². The maximum absolute atomic E-state index is 12.3. The minimum atomic E-state index is -1.47. The number of fused-ring (bicyclic) bond motifs is 1. The number of anilines is 2. The molecule has 2 aromatic heterocycles. The number of carboxylic acid groups (broad SMARTS) is 1. The van der Waals surface area contributed by atoms with Crippen LogP contribution in [0.25, 0.3) is 5.69 Å². The number of rotatable bonds is 4. The topological polar surface area (TPSA) is 159 Å². The fourth-order valence-electron chi connectivity index (χ4n) is 3.87. The number of hydrogen-bond donors (Lipinski definition) is 4. The van der Waals surface area contributed by atoms with E-state index in [1.807, 2.05) is 45.1 Å². The van der Waals surface area contributed by atoms with Gasteiger partial charge in [-0.05, 0) is 68.7 Å². The molecule has 0 saturated carbocycles. The zero-order valence-electron chi connectivity index (χ0n) is 18.4. The second-order valence-corrected chi connectivity index (χ2v) is 8.46. The summed E-state index contributed by atoms with van der Waals surface area (Å²) in [6.07, 6.45) is -0.960. The molecular weight excluding hydrogens is 428 g/mol. The standard InChI is InChI=1S/C22H22N6O5/c1-10-7-13(28-20(31)26-18(29)17(27-28)25-21(32)33)8-11(2)14(10)9-12-5-6-15-16(23-12)22(3,4)19(30)24-15/h5-8H,9H2,1-4H3,(H,24,30)(H,25,27)(H,32,33)(H,26,29,31). The van der Waals surface area contributed by atoms with Gasteiger partial charge in [-0.3, -0.25) is 24.9 Å². The van der Waals surface area contributed by atoms with E-state index in [9.17, 15) is 19.2 Å². The van der Waals surface area contributed by atoms with E-state index >= 15 is 0 Å². The molecule has 0 saturated heterocycles. The number of carbonyl (C=O) groups is 2. The van der Waals surface area contributed by atoms with Crippen LogP contribution in [0.2, 0.25) is 0 Å². The molecule has 3 aromatic rings. The molecule has 11 nitrogen and oxygen atoms in total. The summed E-state index contributed by atoms with van der Waals surface area (Å²) in [6, 6.07) is 7.17. The van der Waals surface area contributed by atoms with Crippen molar-refractivity contribution in [2.45, 2.75) is 39.5 Å². The van der Waals surface area contributed by atoms with Gasteiger partial charge in [0.2, 0.25) is 11.7 Å². The molecule has 2 amide bonds. The Hall–Kier alpha value is -4.28. The van der Waals surface area contributed by atoms with E-state index in [0.29, 0.717) is 23.5 Å². The molecule has 1 aliphatic heterocycles. The molecule has 0 atom stereocenters. The molecule has 4 N–H and O–H groups in total. The van der Waals surface area contributed by atoms with Crippen LogP contribution in [0.5, 0.6) is 0 Å². The van der Waals surface area contributed by atoms with Crippen molar-refractivity contribution in [1.82, 2.24) is 19.7 Å². The molecule has 0 aliphatic carbocycles. The van der Waals surface area contributed by atoms with Gasteiger partial charge < -0.3 is 10.4 Å². The van der Waals surface area contributed by atoms with Crippen LogP contribution in [0.15, 0.2) is 33.9 Å². The lowest BCUT2D eigenvalue weighted by atomic mass is 9.90. The number of amides is 2. The Labute approximate surface area is 187 Å². The Bertz CT molecular complexity index is 1410. The number of nitrogens with zero attached hydrogens (tertiary/aromatic N) is 3. The summed E-state index contributed by atoms with van der Waals surface area (Å²) >= 11 is 0. The van der Waals surface area contributed by atoms with Crippen molar-refractivity contribution >= 4 is 23.5 Å². The molecule has 0 unspecified atom stereocenters. The molecule has 11 heteroatoms. The lowest BCUT2D eigenvalue weighted by Crippen LogP contribution is -2.34. The highest BCUT2D eigenvalue weighted by Crippen LogP contribution is 2.36. The van der Waals surface area contributed by atoms with Crippen LogP contribution in [0.4, 0.5) is 16.3 Å².